The predicted octanol–water partition coefficient (Wildman–Crippen LogP) is -2.00. The minimum absolute atomic E-state index is 0.0892. The van der Waals surface area contributed by atoms with E-state index in [0.717, 1.165) is 0 Å². The van der Waals surface area contributed by atoms with Gasteiger partial charge in [0, 0.05) is 0 Å². The molecule has 0 bridgehead atoms. The van der Waals surface area contributed by atoms with Crippen molar-refractivity contribution in [3.05, 3.63) is 6.10 Å². The molecule has 0 saturated carbocycles. The quantitative estimate of drug-likeness (QED) is 0.359. The molecule has 1 aliphatic heterocycles. The summed E-state index contributed by atoms with van der Waals surface area (Å²) in [6.45, 7) is -0.466. The standard InChI is InChI=1S/C6H11O5/c7-1-4-6(10)5(9)3(8)2-11-4/h3-4,6-10H,1-2H2/t3-,4-,6-/m1/s1. The fraction of sp³-hybridized carbons (Fsp3) is 0.833. The Labute approximate surface area is 63.8 Å². The first-order valence-electron chi connectivity index (χ1n) is 3.31. The normalized spacial score (nSPS) is 40.9. The van der Waals surface area contributed by atoms with Crippen molar-refractivity contribution in [3.63, 3.8) is 0 Å². The van der Waals surface area contributed by atoms with E-state index in [1.165, 1.54) is 0 Å². The van der Waals surface area contributed by atoms with E-state index in [1.807, 2.05) is 0 Å². The van der Waals surface area contributed by atoms with Crippen LogP contribution in [0.2, 0.25) is 0 Å². The minimum Gasteiger partial charge on any atom is -0.394 e. The smallest absolute Gasteiger partial charge is 0.155 e. The van der Waals surface area contributed by atoms with Crippen molar-refractivity contribution >= 4 is 0 Å². The summed E-state index contributed by atoms with van der Waals surface area (Å²) in [5, 5.41) is 35.5. The van der Waals surface area contributed by atoms with Crippen molar-refractivity contribution < 1.29 is 25.2 Å². The highest BCUT2D eigenvalue weighted by molar-refractivity contribution is 4.99. The second-order valence-corrected chi connectivity index (χ2v) is 2.44. The molecule has 5 nitrogen and oxygen atoms in total. The molecule has 11 heavy (non-hydrogen) atoms. The first-order chi connectivity index (χ1) is 5.16. The van der Waals surface area contributed by atoms with E-state index in [1.54, 1.807) is 0 Å². The van der Waals surface area contributed by atoms with Gasteiger partial charge in [0.25, 0.3) is 0 Å². The van der Waals surface area contributed by atoms with Crippen molar-refractivity contribution in [1.29, 1.82) is 0 Å². The van der Waals surface area contributed by atoms with Crippen molar-refractivity contribution in [1.82, 2.24) is 0 Å². The highest BCUT2D eigenvalue weighted by Gasteiger charge is 2.37. The van der Waals surface area contributed by atoms with E-state index in [2.05, 4.69) is 0 Å². The fourth-order valence-corrected chi connectivity index (χ4v) is 0.931. The summed E-state index contributed by atoms with van der Waals surface area (Å²) in [6, 6.07) is 0. The molecule has 5 heteroatoms. The van der Waals surface area contributed by atoms with Crippen LogP contribution < -0.4 is 0 Å². The molecule has 3 atom stereocenters. The van der Waals surface area contributed by atoms with Gasteiger partial charge in [0.2, 0.25) is 0 Å². The van der Waals surface area contributed by atoms with Gasteiger partial charge in [-0.1, -0.05) is 0 Å². The summed E-state index contributed by atoms with van der Waals surface area (Å²) >= 11 is 0. The Kier molecular flexibility index (Phi) is 2.80. The summed E-state index contributed by atoms with van der Waals surface area (Å²) in [6.07, 6.45) is -3.69. The van der Waals surface area contributed by atoms with Crippen LogP contribution in [0.5, 0.6) is 0 Å². The lowest BCUT2D eigenvalue weighted by Gasteiger charge is -2.33. The third-order valence-corrected chi connectivity index (χ3v) is 1.64. The largest absolute Gasteiger partial charge is 0.394 e. The van der Waals surface area contributed by atoms with Crippen molar-refractivity contribution in [2.75, 3.05) is 13.2 Å². The first kappa shape index (κ1) is 8.89. The van der Waals surface area contributed by atoms with Gasteiger partial charge in [-0.15, -0.1) is 0 Å². The summed E-state index contributed by atoms with van der Waals surface area (Å²) in [4.78, 5) is 0. The molecule has 1 rings (SSSR count). The average molecular weight is 163 g/mol. The topological polar surface area (TPSA) is 90.2 Å². The van der Waals surface area contributed by atoms with Crippen LogP contribution in [0.1, 0.15) is 0 Å². The molecule has 1 fully saturated rings. The van der Waals surface area contributed by atoms with E-state index in [-0.39, 0.29) is 13.2 Å². The molecule has 0 aromatic rings. The number of rotatable bonds is 1. The van der Waals surface area contributed by atoms with Gasteiger partial charge >= 0.3 is 0 Å². The molecule has 0 amide bonds. The number of ether oxygens (including phenoxy) is 1. The third kappa shape index (κ3) is 1.69. The molecular formula is C6H11O5. The molecule has 0 spiro atoms. The summed E-state index contributed by atoms with van der Waals surface area (Å²) in [5.41, 5.74) is 0. The Balaban J connectivity index is 2.52. The molecule has 0 aromatic carbocycles. The summed E-state index contributed by atoms with van der Waals surface area (Å²) in [5.74, 6) is 0. The van der Waals surface area contributed by atoms with E-state index in [0.29, 0.717) is 0 Å². The number of aliphatic hydroxyl groups is 4. The van der Waals surface area contributed by atoms with Crippen LogP contribution in [0, 0.1) is 6.10 Å². The van der Waals surface area contributed by atoms with Gasteiger partial charge in [0.15, 0.2) is 6.10 Å². The molecule has 65 valence electrons. The van der Waals surface area contributed by atoms with E-state index in [4.69, 9.17) is 25.2 Å². The molecule has 0 unspecified atom stereocenters. The third-order valence-electron chi connectivity index (χ3n) is 1.64. The zero-order valence-electron chi connectivity index (χ0n) is 5.84. The summed E-state index contributed by atoms with van der Waals surface area (Å²) in [7, 11) is 0. The molecule has 0 aromatic heterocycles. The van der Waals surface area contributed by atoms with Gasteiger partial charge in [-0.05, 0) is 0 Å². The van der Waals surface area contributed by atoms with Gasteiger partial charge in [-0.3, -0.25) is 0 Å². The van der Waals surface area contributed by atoms with Crippen LogP contribution in [0.25, 0.3) is 0 Å². The number of hydrogen-bond acceptors (Lipinski definition) is 5. The van der Waals surface area contributed by atoms with E-state index >= 15 is 0 Å². The molecule has 1 saturated heterocycles. The lowest BCUT2D eigenvalue weighted by atomic mass is 10.0. The number of aliphatic hydroxyl groups excluding tert-OH is 4. The lowest BCUT2D eigenvalue weighted by Crippen LogP contribution is -2.49. The van der Waals surface area contributed by atoms with Crippen molar-refractivity contribution in [3.8, 4) is 0 Å². The van der Waals surface area contributed by atoms with Crippen molar-refractivity contribution in [2.24, 2.45) is 0 Å². The Morgan fingerprint density at radius 2 is 2.09 bits per heavy atom. The summed E-state index contributed by atoms with van der Waals surface area (Å²) < 4.78 is 4.79. The zero-order chi connectivity index (χ0) is 8.43. The maximum Gasteiger partial charge on any atom is 0.155 e. The van der Waals surface area contributed by atoms with Crippen LogP contribution >= 0.6 is 0 Å². The maximum atomic E-state index is 9.08. The number of hydrogen-bond donors (Lipinski definition) is 4. The Bertz CT molecular complexity index is 126. The lowest BCUT2D eigenvalue weighted by molar-refractivity contribution is -0.153. The second kappa shape index (κ2) is 3.46. The van der Waals surface area contributed by atoms with Crippen LogP contribution in [-0.4, -0.2) is 52.0 Å². The van der Waals surface area contributed by atoms with E-state index < -0.39 is 24.4 Å². The van der Waals surface area contributed by atoms with Gasteiger partial charge in [-0.25, -0.2) is 0 Å². The van der Waals surface area contributed by atoms with Crippen LogP contribution in [0.3, 0.4) is 0 Å². The van der Waals surface area contributed by atoms with Gasteiger partial charge < -0.3 is 25.2 Å². The molecule has 1 aliphatic rings. The van der Waals surface area contributed by atoms with Crippen LogP contribution in [0.4, 0.5) is 0 Å². The maximum absolute atomic E-state index is 9.08. The van der Waals surface area contributed by atoms with Gasteiger partial charge in [0.1, 0.15) is 18.3 Å². The van der Waals surface area contributed by atoms with Gasteiger partial charge in [0.05, 0.1) is 13.2 Å². The van der Waals surface area contributed by atoms with Crippen molar-refractivity contribution in [2.45, 2.75) is 18.3 Å². The molecule has 1 radical (unpaired) electrons. The zero-order valence-corrected chi connectivity index (χ0v) is 5.84. The van der Waals surface area contributed by atoms with E-state index in [9.17, 15) is 0 Å². The van der Waals surface area contributed by atoms with Gasteiger partial charge in [-0.2, -0.15) is 0 Å². The monoisotopic (exact) mass is 163 g/mol. The highest BCUT2D eigenvalue weighted by atomic mass is 16.5. The highest BCUT2D eigenvalue weighted by Crippen LogP contribution is 2.20. The van der Waals surface area contributed by atoms with Crippen LogP contribution in [0.15, 0.2) is 0 Å². The molecule has 1 heterocycles. The predicted molar refractivity (Wildman–Crippen MR) is 34.0 cm³/mol. The molecular weight excluding hydrogens is 152 g/mol. The average Bonchev–Trinajstić information content (AvgIpc) is 2.01. The first-order valence-corrected chi connectivity index (χ1v) is 3.31. The Morgan fingerprint density at radius 1 is 1.45 bits per heavy atom. The molecule has 4 N–H and O–H groups in total. The Hall–Kier alpha value is -0.200. The van der Waals surface area contributed by atoms with Crippen LogP contribution in [-0.2, 0) is 4.74 Å². The SMILES string of the molecule is OC[C@H]1OC[C@@H](O)[C](O)[C@@H]1O. The second-order valence-electron chi connectivity index (χ2n) is 2.44. The molecule has 0 aliphatic carbocycles. The fourth-order valence-electron chi connectivity index (χ4n) is 0.931. The minimum atomic E-state index is -1.29. The Morgan fingerprint density at radius 3 is 2.64 bits per heavy atom.